The molecule has 0 amide bonds. The molecular weight excluding hydrogens is 212 g/mol. The second kappa shape index (κ2) is 4.99. The summed E-state index contributed by atoms with van der Waals surface area (Å²) in [4.78, 5) is 4.51. The van der Waals surface area contributed by atoms with Crippen molar-refractivity contribution in [1.29, 1.82) is 0 Å². The van der Waals surface area contributed by atoms with Crippen molar-refractivity contribution in [3.63, 3.8) is 0 Å². The SMILES string of the molecule is CCc1cc(CC)n(-c2cccc(NC)n2)n1. The molecule has 0 fully saturated rings. The molecule has 4 nitrogen and oxygen atoms in total. The first-order valence-corrected chi connectivity index (χ1v) is 6.01. The van der Waals surface area contributed by atoms with Gasteiger partial charge < -0.3 is 5.32 Å². The quantitative estimate of drug-likeness (QED) is 0.877. The first kappa shape index (κ1) is 11.6. The summed E-state index contributed by atoms with van der Waals surface area (Å²) < 4.78 is 1.93. The van der Waals surface area contributed by atoms with Crippen LogP contribution in [0.3, 0.4) is 0 Å². The molecule has 0 aliphatic rings. The Balaban J connectivity index is 2.47. The van der Waals surface area contributed by atoms with Crippen molar-refractivity contribution in [2.45, 2.75) is 26.7 Å². The van der Waals surface area contributed by atoms with Gasteiger partial charge in [0.15, 0.2) is 5.82 Å². The molecule has 1 N–H and O–H groups in total. The summed E-state index contributed by atoms with van der Waals surface area (Å²) in [6.45, 7) is 4.25. The average molecular weight is 230 g/mol. The molecule has 0 saturated heterocycles. The topological polar surface area (TPSA) is 42.7 Å². The molecule has 0 aromatic carbocycles. The molecule has 2 heterocycles. The van der Waals surface area contributed by atoms with Gasteiger partial charge in [-0.2, -0.15) is 5.10 Å². The maximum Gasteiger partial charge on any atom is 0.156 e. The summed E-state index contributed by atoms with van der Waals surface area (Å²) in [7, 11) is 1.87. The summed E-state index contributed by atoms with van der Waals surface area (Å²) in [5.41, 5.74) is 2.31. The zero-order valence-corrected chi connectivity index (χ0v) is 10.6. The number of nitrogens with zero attached hydrogens (tertiary/aromatic N) is 3. The highest BCUT2D eigenvalue weighted by atomic mass is 15.3. The van der Waals surface area contributed by atoms with E-state index in [1.165, 1.54) is 5.69 Å². The minimum absolute atomic E-state index is 0.859. The molecule has 2 aromatic rings. The Morgan fingerprint density at radius 1 is 1.24 bits per heavy atom. The van der Waals surface area contributed by atoms with Crippen LogP contribution in [0.5, 0.6) is 0 Å². The first-order chi connectivity index (χ1) is 8.28. The van der Waals surface area contributed by atoms with E-state index in [4.69, 9.17) is 0 Å². The molecule has 2 rings (SSSR count). The number of rotatable bonds is 4. The van der Waals surface area contributed by atoms with E-state index in [-0.39, 0.29) is 0 Å². The van der Waals surface area contributed by atoms with E-state index in [2.05, 4.69) is 35.3 Å². The lowest BCUT2D eigenvalue weighted by Crippen LogP contribution is -2.05. The van der Waals surface area contributed by atoms with Crippen LogP contribution in [0.25, 0.3) is 5.82 Å². The summed E-state index contributed by atoms with van der Waals surface area (Å²) in [6.07, 6.45) is 1.91. The van der Waals surface area contributed by atoms with Crippen LogP contribution < -0.4 is 5.32 Å². The van der Waals surface area contributed by atoms with E-state index in [0.717, 1.165) is 30.2 Å². The monoisotopic (exact) mass is 230 g/mol. The van der Waals surface area contributed by atoms with Crippen LogP contribution in [0.4, 0.5) is 5.82 Å². The lowest BCUT2D eigenvalue weighted by atomic mass is 10.2. The normalized spacial score (nSPS) is 10.5. The predicted molar refractivity (Wildman–Crippen MR) is 69.7 cm³/mol. The van der Waals surface area contributed by atoms with E-state index in [9.17, 15) is 0 Å². The van der Waals surface area contributed by atoms with Crippen LogP contribution >= 0.6 is 0 Å². The van der Waals surface area contributed by atoms with Gasteiger partial charge in [0.25, 0.3) is 0 Å². The van der Waals surface area contributed by atoms with Crippen molar-refractivity contribution in [2.24, 2.45) is 0 Å². The van der Waals surface area contributed by atoms with Gasteiger partial charge in [-0.15, -0.1) is 0 Å². The molecule has 17 heavy (non-hydrogen) atoms. The molecule has 0 unspecified atom stereocenters. The van der Waals surface area contributed by atoms with E-state index in [1.807, 2.05) is 29.9 Å². The van der Waals surface area contributed by atoms with Crippen LogP contribution in [0, 0.1) is 0 Å². The minimum Gasteiger partial charge on any atom is -0.373 e. The number of hydrogen-bond donors (Lipinski definition) is 1. The number of anilines is 1. The molecule has 0 radical (unpaired) electrons. The van der Waals surface area contributed by atoms with Gasteiger partial charge in [0.2, 0.25) is 0 Å². The van der Waals surface area contributed by atoms with E-state index in [0.29, 0.717) is 0 Å². The summed E-state index contributed by atoms with van der Waals surface area (Å²) in [5.74, 6) is 1.73. The van der Waals surface area contributed by atoms with Crippen LogP contribution in [0.15, 0.2) is 24.3 Å². The standard InChI is InChI=1S/C13H18N4/c1-4-10-9-11(5-2)17(16-10)13-8-6-7-12(14-3)15-13/h6-9H,4-5H2,1-3H3,(H,14,15). The van der Waals surface area contributed by atoms with Crippen LogP contribution in [-0.4, -0.2) is 21.8 Å². The van der Waals surface area contributed by atoms with Crippen molar-refractivity contribution in [1.82, 2.24) is 14.8 Å². The highest BCUT2D eigenvalue weighted by Crippen LogP contribution is 2.14. The molecule has 4 heteroatoms. The molecule has 0 bridgehead atoms. The fraction of sp³-hybridized carbons (Fsp3) is 0.385. The third kappa shape index (κ3) is 2.30. The second-order valence-corrected chi connectivity index (χ2v) is 3.88. The fourth-order valence-electron chi connectivity index (χ4n) is 1.78. The zero-order valence-electron chi connectivity index (χ0n) is 10.6. The Kier molecular flexibility index (Phi) is 3.42. The van der Waals surface area contributed by atoms with E-state index in [1.54, 1.807) is 0 Å². The highest BCUT2D eigenvalue weighted by Gasteiger charge is 2.08. The van der Waals surface area contributed by atoms with E-state index < -0.39 is 0 Å². The van der Waals surface area contributed by atoms with Crippen LogP contribution in [0.2, 0.25) is 0 Å². The summed E-state index contributed by atoms with van der Waals surface area (Å²) >= 11 is 0. The lowest BCUT2D eigenvalue weighted by molar-refractivity contribution is 0.773. The van der Waals surface area contributed by atoms with Crippen molar-refractivity contribution >= 4 is 5.82 Å². The molecule has 0 spiro atoms. The zero-order chi connectivity index (χ0) is 12.3. The van der Waals surface area contributed by atoms with Crippen LogP contribution in [-0.2, 0) is 12.8 Å². The predicted octanol–water partition coefficient (Wildman–Crippen LogP) is 2.43. The van der Waals surface area contributed by atoms with Gasteiger partial charge >= 0.3 is 0 Å². The Hall–Kier alpha value is -1.84. The Labute approximate surface area is 102 Å². The third-order valence-corrected chi connectivity index (χ3v) is 2.77. The largest absolute Gasteiger partial charge is 0.373 e. The second-order valence-electron chi connectivity index (χ2n) is 3.88. The van der Waals surface area contributed by atoms with Crippen LogP contribution in [0.1, 0.15) is 25.2 Å². The first-order valence-electron chi connectivity index (χ1n) is 6.01. The van der Waals surface area contributed by atoms with Crippen molar-refractivity contribution in [3.8, 4) is 5.82 Å². The maximum atomic E-state index is 4.57. The number of pyridine rings is 1. The van der Waals surface area contributed by atoms with Gasteiger partial charge in [0.1, 0.15) is 5.82 Å². The number of nitrogens with one attached hydrogen (secondary N) is 1. The number of aromatic nitrogens is 3. The van der Waals surface area contributed by atoms with Crippen molar-refractivity contribution < 1.29 is 0 Å². The van der Waals surface area contributed by atoms with Gasteiger partial charge in [-0.05, 0) is 31.0 Å². The van der Waals surface area contributed by atoms with Crippen molar-refractivity contribution in [3.05, 3.63) is 35.7 Å². The minimum atomic E-state index is 0.859. The van der Waals surface area contributed by atoms with Gasteiger partial charge in [-0.25, -0.2) is 9.67 Å². The van der Waals surface area contributed by atoms with Crippen molar-refractivity contribution in [2.75, 3.05) is 12.4 Å². The molecule has 0 aliphatic heterocycles. The highest BCUT2D eigenvalue weighted by molar-refractivity contribution is 5.39. The molecule has 0 atom stereocenters. The Bertz CT molecular complexity index is 502. The molecule has 2 aromatic heterocycles. The lowest BCUT2D eigenvalue weighted by Gasteiger charge is -2.06. The molecular formula is C13H18N4. The maximum absolute atomic E-state index is 4.57. The van der Waals surface area contributed by atoms with Gasteiger partial charge in [-0.3, -0.25) is 0 Å². The molecule has 90 valence electrons. The molecule has 0 saturated carbocycles. The Morgan fingerprint density at radius 3 is 2.71 bits per heavy atom. The summed E-state index contributed by atoms with van der Waals surface area (Å²) in [6, 6.07) is 8.06. The third-order valence-electron chi connectivity index (χ3n) is 2.77. The average Bonchev–Trinajstić information content (AvgIpc) is 2.82. The fourth-order valence-corrected chi connectivity index (χ4v) is 1.78. The van der Waals surface area contributed by atoms with Gasteiger partial charge in [-0.1, -0.05) is 19.9 Å². The smallest absolute Gasteiger partial charge is 0.156 e. The number of hydrogen-bond acceptors (Lipinski definition) is 3. The Morgan fingerprint density at radius 2 is 2.06 bits per heavy atom. The van der Waals surface area contributed by atoms with Gasteiger partial charge in [0.05, 0.1) is 5.69 Å². The van der Waals surface area contributed by atoms with E-state index >= 15 is 0 Å². The van der Waals surface area contributed by atoms with Gasteiger partial charge in [0, 0.05) is 12.7 Å². The summed E-state index contributed by atoms with van der Waals surface area (Å²) in [5, 5.41) is 7.61. The number of aryl methyl sites for hydroxylation is 2. The molecule has 0 aliphatic carbocycles.